The molecule has 4 aromatic rings. The number of piperazine rings is 1. The summed E-state index contributed by atoms with van der Waals surface area (Å²) < 4.78 is 2.01. The molecule has 0 aliphatic carbocycles. The van der Waals surface area contributed by atoms with Crippen molar-refractivity contribution < 1.29 is 0 Å². The van der Waals surface area contributed by atoms with Gasteiger partial charge in [0.2, 0.25) is 0 Å². The summed E-state index contributed by atoms with van der Waals surface area (Å²) in [5, 5.41) is 4.74. The van der Waals surface area contributed by atoms with E-state index in [1.807, 2.05) is 35.1 Å². The summed E-state index contributed by atoms with van der Waals surface area (Å²) in [6, 6.07) is 18.7. The third kappa shape index (κ3) is 3.49. The standard InChI is InChI=1S/C24H26N6/c1-2-8-20-17-23(29-15-13-28(14-16-29)22-11-6-7-12-25-22)30-24(27-20)21(18-26-30)19-9-4-3-5-10-19/h3-7,9-12,17-18H,2,8,13-16H2,1H3. The van der Waals surface area contributed by atoms with Gasteiger partial charge < -0.3 is 9.80 Å². The zero-order chi connectivity index (χ0) is 20.3. The molecule has 0 unspecified atom stereocenters. The smallest absolute Gasteiger partial charge is 0.165 e. The predicted octanol–water partition coefficient (Wildman–Crippen LogP) is 4.07. The fourth-order valence-electron chi connectivity index (χ4n) is 4.13. The number of benzene rings is 1. The van der Waals surface area contributed by atoms with Gasteiger partial charge in [-0.1, -0.05) is 49.7 Å². The van der Waals surface area contributed by atoms with Crippen molar-refractivity contribution in [2.45, 2.75) is 19.8 Å². The monoisotopic (exact) mass is 398 g/mol. The van der Waals surface area contributed by atoms with E-state index in [0.717, 1.165) is 73.1 Å². The van der Waals surface area contributed by atoms with Crippen LogP contribution in [0.15, 0.2) is 67.0 Å². The average Bonchev–Trinajstić information content (AvgIpc) is 3.24. The van der Waals surface area contributed by atoms with E-state index in [9.17, 15) is 0 Å². The molecule has 0 amide bonds. The number of aryl methyl sites for hydroxylation is 1. The van der Waals surface area contributed by atoms with Crippen LogP contribution in [0.25, 0.3) is 16.8 Å². The van der Waals surface area contributed by atoms with Gasteiger partial charge in [-0.15, -0.1) is 0 Å². The lowest BCUT2D eigenvalue weighted by molar-refractivity contribution is 0.632. The lowest BCUT2D eigenvalue weighted by Gasteiger charge is -2.36. The van der Waals surface area contributed by atoms with Crippen molar-refractivity contribution in [2.24, 2.45) is 0 Å². The van der Waals surface area contributed by atoms with Crippen molar-refractivity contribution >= 4 is 17.3 Å². The van der Waals surface area contributed by atoms with E-state index in [2.05, 4.69) is 58.1 Å². The van der Waals surface area contributed by atoms with E-state index in [-0.39, 0.29) is 0 Å². The van der Waals surface area contributed by atoms with Gasteiger partial charge in [0.15, 0.2) is 5.65 Å². The number of anilines is 2. The van der Waals surface area contributed by atoms with Crippen LogP contribution < -0.4 is 9.80 Å². The molecule has 1 saturated heterocycles. The minimum absolute atomic E-state index is 0.932. The number of fused-ring (bicyclic) bond motifs is 1. The summed E-state index contributed by atoms with van der Waals surface area (Å²) in [5.74, 6) is 2.18. The van der Waals surface area contributed by atoms with Crippen LogP contribution >= 0.6 is 0 Å². The first kappa shape index (κ1) is 18.6. The normalized spacial score (nSPS) is 14.4. The van der Waals surface area contributed by atoms with Gasteiger partial charge >= 0.3 is 0 Å². The van der Waals surface area contributed by atoms with E-state index in [0.29, 0.717) is 0 Å². The van der Waals surface area contributed by atoms with Crippen molar-refractivity contribution in [3.63, 3.8) is 0 Å². The topological polar surface area (TPSA) is 49.6 Å². The van der Waals surface area contributed by atoms with Crippen molar-refractivity contribution in [3.05, 3.63) is 72.7 Å². The van der Waals surface area contributed by atoms with Gasteiger partial charge in [0.1, 0.15) is 11.6 Å². The zero-order valence-electron chi connectivity index (χ0n) is 17.3. The second kappa shape index (κ2) is 8.14. The molecule has 3 aromatic heterocycles. The summed E-state index contributed by atoms with van der Waals surface area (Å²) in [7, 11) is 0. The lowest BCUT2D eigenvalue weighted by atomic mass is 10.1. The van der Waals surface area contributed by atoms with E-state index in [1.54, 1.807) is 0 Å². The van der Waals surface area contributed by atoms with Crippen molar-refractivity contribution in [1.29, 1.82) is 0 Å². The Labute approximate surface area is 176 Å². The Morgan fingerprint density at radius 2 is 1.67 bits per heavy atom. The number of pyridine rings is 1. The minimum atomic E-state index is 0.932. The SMILES string of the molecule is CCCc1cc(N2CCN(c3ccccn3)CC2)n2ncc(-c3ccccc3)c2n1. The molecular formula is C24H26N6. The molecule has 0 spiro atoms. The van der Waals surface area contributed by atoms with Gasteiger partial charge in [-0.25, -0.2) is 9.97 Å². The summed E-state index contributed by atoms with van der Waals surface area (Å²) in [5.41, 5.74) is 4.31. The van der Waals surface area contributed by atoms with Crippen LogP contribution in [-0.2, 0) is 6.42 Å². The number of hydrogen-bond donors (Lipinski definition) is 0. The minimum Gasteiger partial charge on any atom is -0.353 e. The largest absolute Gasteiger partial charge is 0.353 e. The Balaban J connectivity index is 1.49. The zero-order valence-corrected chi connectivity index (χ0v) is 17.3. The Bertz CT molecular complexity index is 1110. The Morgan fingerprint density at radius 1 is 0.900 bits per heavy atom. The van der Waals surface area contributed by atoms with Gasteiger partial charge in [-0.05, 0) is 24.1 Å². The number of hydrogen-bond acceptors (Lipinski definition) is 5. The number of aromatic nitrogens is 4. The quantitative estimate of drug-likeness (QED) is 0.507. The molecule has 1 aromatic carbocycles. The molecular weight excluding hydrogens is 372 g/mol. The summed E-state index contributed by atoms with van der Waals surface area (Å²) in [4.78, 5) is 14.3. The Hall–Kier alpha value is -3.41. The van der Waals surface area contributed by atoms with Gasteiger partial charge in [0.05, 0.1) is 6.20 Å². The van der Waals surface area contributed by atoms with Crippen LogP contribution in [0.1, 0.15) is 19.0 Å². The van der Waals surface area contributed by atoms with E-state index in [1.165, 1.54) is 0 Å². The second-order valence-electron chi connectivity index (χ2n) is 7.68. The molecule has 0 atom stereocenters. The molecule has 1 aliphatic heterocycles. The molecule has 1 aliphatic rings. The van der Waals surface area contributed by atoms with Gasteiger partial charge in [-0.3, -0.25) is 0 Å². The lowest BCUT2D eigenvalue weighted by Crippen LogP contribution is -2.47. The third-order valence-electron chi connectivity index (χ3n) is 5.67. The maximum absolute atomic E-state index is 4.97. The predicted molar refractivity (Wildman–Crippen MR) is 121 cm³/mol. The van der Waals surface area contributed by atoms with Crippen LogP contribution in [0.2, 0.25) is 0 Å². The number of rotatable bonds is 5. The molecule has 4 heterocycles. The maximum Gasteiger partial charge on any atom is 0.165 e. The summed E-state index contributed by atoms with van der Waals surface area (Å²) in [6.07, 6.45) is 5.85. The molecule has 5 rings (SSSR count). The van der Waals surface area contributed by atoms with Crippen LogP contribution in [0, 0.1) is 0 Å². The van der Waals surface area contributed by atoms with Gasteiger partial charge in [0, 0.05) is 49.7 Å². The molecule has 6 nitrogen and oxygen atoms in total. The molecule has 1 fully saturated rings. The second-order valence-corrected chi connectivity index (χ2v) is 7.68. The first-order chi connectivity index (χ1) is 14.8. The molecule has 0 N–H and O–H groups in total. The van der Waals surface area contributed by atoms with Crippen molar-refractivity contribution in [2.75, 3.05) is 36.0 Å². The van der Waals surface area contributed by atoms with Crippen molar-refractivity contribution in [1.82, 2.24) is 19.6 Å². The maximum atomic E-state index is 4.97. The highest BCUT2D eigenvalue weighted by molar-refractivity contribution is 5.78. The highest BCUT2D eigenvalue weighted by atomic mass is 15.4. The fraction of sp³-hybridized carbons (Fsp3) is 0.292. The van der Waals surface area contributed by atoms with E-state index >= 15 is 0 Å². The van der Waals surface area contributed by atoms with Gasteiger partial charge in [0.25, 0.3) is 0 Å². The Morgan fingerprint density at radius 3 is 2.40 bits per heavy atom. The molecule has 0 bridgehead atoms. The van der Waals surface area contributed by atoms with Crippen LogP contribution in [0.4, 0.5) is 11.6 Å². The molecule has 6 heteroatoms. The molecule has 30 heavy (non-hydrogen) atoms. The summed E-state index contributed by atoms with van der Waals surface area (Å²) >= 11 is 0. The third-order valence-corrected chi connectivity index (χ3v) is 5.67. The average molecular weight is 399 g/mol. The number of nitrogens with zero attached hydrogens (tertiary/aromatic N) is 6. The van der Waals surface area contributed by atoms with Gasteiger partial charge in [-0.2, -0.15) is 9.61 Å². The highest BCUT2D eigenvalue weighted by Crippen LogP contribution is 2.28. The van der Waals surface area contributed by atoms with Crippen LogP contribution in [0.5, 0.6) is 0 Å². The molecule has 0 saturated carbocycles. The van der Waals surface area contributed by atoms with Crippen molar-refractivity contribution in [3.8, 4) is 11.1 Å². The Kier molecular flexibility index (Phi) is 5.05. The molecule has 152 valence electrons. The van der Waals surface area contributed by atoms with Crippen LogP contribution in [0.3, 0.4) is 0 Å². The fourth-order valence-corrected chi connectivity index (χ4v) is 4.13. The van der Waals surface area contributed by atoms with Crippen LogP contribution in [-0.4, -0.2) is 45.8 Å². The highest BCUT2D eigenvalue weighted by Gasteiger charge is 2.22. The first-order valence-electron chi connectivity index (χ1n) is 10.7. The van der Waals surface area contributed by atoms with E-state index < -0.39 is 0 Å². The first-order valence-corrected chi connectivity index (χ1v) is 10.7. The van der Waals surface area contributed by atoms with E-state index in [4.69, 9.17) is 10.1 Å². The summed E-state index contributed by atoms with van der Waals surface area (Å²) in [6.45, 7) is 5.95. The molecule has 0 radical (unpaired) electrons.